The molecule has 0 bridgehead atoms. The highest BCUT2D eigenvalue weighted by Crippen LogP contribution is 2.19. The predicted molar refractivity (Wildman–Crippen MR) is 83.9 cm³/mol. The maximum absolute atomic E-state index is 11.9. The van der Waals surface area contributed by atoms with Crippen LogP contribution in [0.15, 0.2) is 48.5 Å². The van der Waals surface area contributed by atoms with Gasteiger partial charge in [0, 0.05) is 9.13 Å². The Balaban J connectivity index is 2.02. The summed E-state index contributed by atoms with van der Waals surface area (Å²) in [7, 11) is 0. The lowest BCUT2D eigenvalue weighted by Gasteiger charge is -2.07. The summed E-state index contributed by atoms with van der Waals surface area (Å²) in [4.78, 5) is 23.8. The number of carbonyl (C=O) groups excluding carboxylic acids is 2. The first kappa shape index (κ1) is 14.5. The molecule has 0 saturated heterocycles. The van der Waals surface area contributed by atoms with E-state index < -0.39 is 5.91 Å². The van der Waals surface area contributed by atoms with E-state index in [1.165, 1.54) is 6.07 Å². The van der Waals surface area contributed by atoms with Crippen molar-refractivity contribution in [2.75, 3.05) is 6.54 Å². The molecule has 2 N–H and O–H groups in total. The molecule has 5 heteroatoms. The maximum atomic E-state index is 11.9. The SMILES string of the molecule is O=C(CNC(=O)c1cc(I)ccc1O)c1ccccc1. The number of Topliss-reactive ketones (excluding diaryl/α,β-unsaturated/α-hetero) is 1. The minimum atomic E-state index is -0.467. The van der Waals surface area contributed by atoms with Crippen molar-refractivity contribution in [3.8, 4) is 5.75 Å². The largest absolute Gasteiger partial charge is 0.507 e. The Kier molecular flexibility index (Phi) is 4.73. The standard InChI is InChI=1S/C15H12INO3/c16-11-6-7-13(18)12(8-11)15(20)17-9-14(19)10-4-2-1-3-5-10/h1-8,18H,9H2,(H,17,20). The highest BCUT2D eigenvalue weighted by atomic mass is 127. The lowest BCUT2D eigenvalue weighted by Crippen LogP contribution is -2.29. The van der Waals surface area contributed by atoms with Gasteiger partial charge in [0.2, 0.25) is 0 Å². The molecule has 0 spiro atoms. The summed E-state index contributed by atoms with van der Waals surface area (Å²) in [5.74, 6) is -0.746. The summed E-state index contributed by atoms with van der Waals surface area (Å²) in [6, 6.07) is 13.4. The number of carbonyl (C=O) groups is 2. The van der Waals surface area contributed by atoms with Crippen molar-refractivity contribution in [2.45, 2.75) is 0 Å². The first-order valence-electron chi connectivity index (χ1n) is 5.93. The van der Waals surface area contributed by atoms with Crippen molar-refractivity contribution in [1.82, 2.24) is 5.32 Å². The van der Waals surface area contributed by atoms with Crippen LogP contribution in [0.2, 0.25) is 0 Å². The highest BCUT2D eigenvalue weighted by Gasteiger charge is 2.13. The number of hydrogen-bond donors (Lipinski definition) is 2. The van der Waals surface area contributed by atoms with Gasteiger partial charge in [0.05, 0.1) is 12.1 Å². The molecule has 0 aliphatic carbocycles. The van der Waals surface area contributed by atoms with Crippen LogP contribution in [-0.2, 0) is 0 Å². The van der Waals surface area contributed by atoms with Gasteiger partial charge >= 0.3 is 0 Å². The molecule has 0 atom stereocenters. The topological polar surface area (TPSA) is 66.4 Å². The summed E-state index contributed by atoms with van der Waals surface area (Å²) in [5, 5.41) is 12.2. The monoisotopic (exact) mass is 381 g/mol. The Labute approximate surface area is 130 Å². The van der Waals surface area contributed by atoms with Crippen molar-refractivity contribution in [1.29, 1.82) is 0 Å². The highest BCUT2D eigenvalue weighted by molar-refractivity contribution is 14.1. The molecule has 0 aliphatic heterocycles. The van der Waals surface area contributed by atoms with E-state index in [1.54, 1.807) is 36.4 Å². The van der Waals surface area contributed by atoms with Gasteiger partial charge in [-0.2, -0.15) is 0 Å². The van der Waals surface area contributed by atoms with Gasteiger partial charge in [-0.1, -0.05) is 30.3 Å². The van der Waals surface area contributed by atoms with Gasteiger partial charge in [0.1, 0.15) is 5.75 Å². The molecule has 0 radical (unpaired) electrons. The smallest absolute Gasteiger partial charge is 0.255 e. The van der Waals surface area contributed by atoms with E-state index in [-0.39, 0.29) is 23.6 Å². The van der Waals surface area contributed by atoms with Gasteiger partial charge in [0.25, 0.3) is 5.91 Å². The van der Waals surface area contributed by atoms with Crippen LogP contribution < -0.4 is 5.32 Å². The molecule has 4 nitrogen and oxygen atoms in total. The van der Waals surface area contributed by atoms with Crippen molar-refractivity contribution in [2.24, 2.45) is 0 Å². The second-order valence-electron chi connectivity index (χ2n) is 4.13. The first-order valence-corrected chi connectivity index (χ1v) is 7.01. The van der Waals surface area contributed by atoms with Gasteiger partial charge in [0.15, 0.2) is 5.78 Å². The second kappa shape index (κ2) is 6.51. The van der Waals surface area contributed by atoms with Crippen LogP contribution in [0.1, 0.15) is 20.7 Å². The number of amides is 1. The van der Waals surface area contributed by atoms with Crippen LogP contribution in [-0.4, -0.2) is 23.3 Å². The third-order valence-corrected chi connectivity index (χ3v) is 3.38. The van der Waals surface area contributed by atoms with Gasteiger partial charge in [-0.3, -0.25) is 9.59 Å². The van der Waals surface area contributed by atoms with Crippen LogP contribution >= 0.6 is 22.6 Å². The Morgan fingerprint density at radius 1 is 1.10 bits per heavy atom. The summed E-state index contributed by atoms with van der Waals surface area (Å²) in [6.07, 6.45) is 0. The zero-order valence-electron chi connectivity index (χ0n) is 10.5. The average molecular weight is 381 g/mol. The van der Waals surface area contributed by atoms with E-state index in [9.17, 15) is 14.7 Å². The predicted octanol–water partition coefficient (Wildman–Crippen LogP) is 2.61. The fraction of sp³-hybridized carbons (Fsp3) is 0.0667. The average Bonchev–Trinajstić information content (AvgIpc) is 2.47. The van der Waals surface area contributed by atoms with Crippen LogP contribution in [0, 0.1) is 3.57 Å². The fourth-order valence-electron chi connectivity index (χ4n) is 1.67. The minimum absolute atomic E-state index is 0.102. The Morgan fingerprint density at radius 3 is 2.50 bits per heavy atom. The quantitative estimate of drug-likeness (QED) is 0.632. The molecule has 2 aromatic rings. The Hall–Kier alpha value is -1.89. The number of benzene rings is 2. The normalized spacial score (nSPS) is 10.1. The zero-order valence-corrected chi connectivity index (χ0v) is 12.6. The van der Waals surface area contributed by atoms with Crippen molar-refractivity contribution in [3.63, 3.8) is 0 Å². The van der Waals surface area contributed by atoms with Crippen LogP contribution in [0.5, 0.6) is 5.75 Å². The van der Waals surface area contributed by atoms with Gasteiger partial charge in [-0.15, -0.1) is 0 Å². The fourth-order valence-corrected chi connectivity index (χ4v) is 2.16. The number of halogens is 1. The molecule has 20 heavy (non-hydrogen) atoms. The number of nitrogens with one attached hydrogen (secondary N) is 1. The third kappa shape index (κ3) is 3.57. The number of rotatable bonds is 4. The van der Waals surface area contributed by atoms with Crippen LogP contribution in [0.4, 0.5) is 0 Å². The second-order valence-corrected chi connectivity index (χ2v) is 5.38. The number of phenolic OH excluding ortho intramolecular Hbond substituents is 1. The van der Waals surface area contributed by atoms with Crippen LogP contribution in [0.25, 0.3) is 0 Å². The molecule has 0 fully saturated rings. The Bertz CT molecular complexity index is 641. The minimum Gasteiger partial charge on any atom is -0.507 e. The molecule has 1 amide bonds. The molecule has 2 aromatic carbocycles. The van der Waals surface area contributed by atoms with Crippen molar-refractivity contribution < 1.29 is 14.7 Å². The van der Waals surface area contributed by atoms with E-state index >= 15 is 0 Å². The molecule has 2 rings (SSSR count). The molecular weight excluding hydrogens is 369 g/mol. The number of ketones is 1. The van der Waals surface area contributed by atoms with Crippen LogP contribution in [0.3, 0.4) is 0 Å². The molecule has 102 valence electrons. The molecule has 0 heterocycles. The van der Waals surface area contributed by atoms with Gasteiger partial charge in [-0.05, 0) is 40.8 Å². The summed E-state index contributed by atoms with van der Waals surface area (Å²) in [5.41, 5.74) is 0.706. The molecule has 0 saturated carbocycles. The lowest BCUT2D eigenvalue weighted by atomic mass is 10.1. The van der Waals surface area contributed by atoms with E-state index in [1.807, 2.05) is 28.7 Å². The van der Waals surface area contributed by atoms with E-state index in [0.717, 1.165) is 3.57 Å². The van der Waals surface area contributed by atoms with Gasteiger partial charge in [-0.25, -0.2) is 0 Å². The number of hydrogen-bond acceptors (Lipinski definition) is 3. The van der Waals surface area contributed by atoms with Crippen molar-refractivity contribution >= 4 is 34.3 Å². The first-order chi connectivity index (χ1) is 9.58. The molecule has 0 aliphatic rings. The summed E-state index contributed by atoms with van der Waals surface area (Å²) >= 11 is 2.05. The summed E-state index contributed by atoms with van der Waals surface area (Å²) in [6.45, 7) is -0.103. The summed E-state index contributed by atoms with van der Waals surface area (Å²) < 4.78 is 0.833. The van der Waals surface area contributed by atoms with Crippen molar-refractivity contribution in [3.05, 3.63) is 63.2 Å². The van der Waals surface area contributed by atoms with E-state index in [4.69, 9.17) is 0 Å². The molecule has 0 unspecified atom stereocenters. The lowest BCUT2D eigenvalue weighted by molar-refractivity contribution is 0.0902. The van der Waals surface area contributed by atoms with Gasteiger partial charge < -0.3 is 10.4 Å². The number of phenols is 1. The molecule has 0 aromatic heterocycles. The third-order valence-electron chi connectivity index (χ3n) is 2.71. The zero-order chi connectivity index (χ0) is 14.5. The molecular formula is C15H12INO3. The van der Waals surface area contributed by atoms with E-state index in [2.05, 4.69) is 5.32 Å². The maximum Gasteiger partial charge on any atom is 0.255 e. The Morgan fingerprint density at radius 2 is 1.80 bits per heavy atom. The van der Waals surface area contributed by atoms with E-state index in [0.29, 0.717) is 5.56 Å². The number of aromatic hydroxyl groups is 1.